The Kier molecular flexibility index (Phi) is 3.28. The fourth-order valence-corrected chi connectivity index (χ4v) is 2.21. The molecule has 5 heteroatoms. The molecule has 0 unspecified atom stereocenters. The van der Waals surface area contributed by atoms with E-state index in [0.29, 0.717) is 6.04 Å². The van der Waals surface area contributed by atoms with Crippen molar-refractivity contribution in [3.63, 3.8) is 0 Å². The van der Waals surface area contributed by atoms with E-state index in [2.05, 4.69) is 23.4 Å². The topological polar surface area (TPSA) is 72.9 Å². The van der Waals surface area contributed by atoms with Crippen LogP contribution >= 0.6 is 0 Å². The van der Waals surface area contributed by atoms with Crippen LogP contribution in [0.25, 0.3) is 5.69 Å². The summed E-state index contributed by atoms with van der Waals surface area (Å²) in [7, 11) is 0. The Balaban J connectivity index is 1.91. The Bertz CT molecular complexity index is 643. The number of rotatable bonds is 5. The van der Waals surface area contributed by atoms with E-state index in [4.69, 9.17) is 5.73 Å². The molecule has 1 aromatic carbocycles. The molecule has 3 N–H and O–H groups in total. The molecule has 0 bridgehead atoms. The van der Waals surface area contributed by atoms with Crippen molar-refractivity contribution in [2.75, 3.05) is 0 Å². The van der Waals surface area contributed by atoms with Crippen molar-refractivity contribution in [1.82, 2.24) is 15.1 Å². The van der Waals surface area contributed by atoms with Gasteiger partial charge in [-0.3, -0.25) is 4.79 Å². The van der Waals surface area contributed by atoms with E-state index < -0.39 is 5.91 Å². The SMILES string of the molecule is Cc1ccc(-n2ccc(C(N)=O)n2)c(CNC2CC2)c1. The average molecular weight is 270 g/mol. The van der Waals surface area contributed by atoms with Gasteiger partial charge in [-0.05, 0) is 37.5 Å². The Morgan fingerprint density at radius 3 is 2.90 bits per heavy atom. The van der Waals surface area contributed by atoms with Crippen LogP contribution in [0.3, 0.4) is 0 Å². The number of aromatic nitrogens is 2. The normalized spacial score (nSPS) is 14.4. The zero-order valence-corrected chi connectivity index (χ0v) is 11.5. The highest BCUT2D eigenvalue weighted by atomic mass is 16.1. The molecule has 0 radical (unpaired) electrons. The Labute approximate surface area is 117 Å². The first kappa shape index (κ1) is 12.9. The molecule has 0 spiro atoms. The monoisotopic (exact) mass is 270 g/mol. The summed E-state index contributed by atoms with van der Waals surface area (Å²) in [5.41, 5.74) is 8.90. The molecular formula is C15H18N4O. The lowest BCUT2D eigenvalue weighted by molar-refractivity contribution is 0.0995. The maximum absolute atomic E-state index is 11.1. The minimum Gasteiger partial charge on any atom is -0.364 e. The fraction of sp³-hybridized carbons (Fsp3) is 0.333. The summed E-state index contributed by atoms with van der Waals surface area (Å²) in [6, 6.07) is 8.51. The molecule has 1 amide bonds. The van der Waals surface area contributed by atoms with Crippen LogP contribution in [0.1, 0.15) is 34.5 Å². The summed E-state index contributed by atoms with van der Waals surface area (Å²) >= 11 is 0. The van der Waals surface area contributed by atoms with Gasteiger partial charge in [0.15, 0.2) is 0 Å². The molecule has 1 aromatic heterocycles. The van der Waals surface area contributed by atoms with Crippen molar-refractivity contribution >= 4 is 5.91 Å². The average Bonchev–Trinajstić information content (AvgIpc) is 3.11. The molecule has 20 heavy (non-hydrogen) atoms. The Hall–Kier alpha value is -2.14. The number of hydrogen-bond acceptors (Lipinski definition) is 3. The van der Waals surface area contributed by atoms with Crippen LogP contribution in [0.4, 0.5) is 0 Å². The molecule has 1 heterocycles. The minimum absolute atomic E-state index is 0.284. The maximum atomic E-state index is 11.1. The van der Waals surface area contributed by atoms with Crippen molar-refractivity contribution in [2.45, 2.75) is 32.4 Å². The van der Waals surface area contributed by atoms with Gasteiger partial charge < -0.3 is 11.1 Å². The van der Waals surface area contributed by atoms with Gasteiger partial charge in [0.1, 0.15) is 5.69 Å². The lowest BCUT2D eigenvalue weighted by Gasteiger charge is -2.11. The molecule has 5 nitrogen and oxygen atoms in total. The zero-order valence-electron chi connectivity index (χ0n) is 11.5. The second-order valence-electron chi connectivity index (χ2n) is 5.30. The first-order valence-corrected chi connectivity index (χ1v) is 6.82. The van der Waals surface area contributed by atoms with Crippen molar-refractivity contribution in [3.8, 4) is 5.69 Å². The van der Waals surface area contributed by atoms with Gasteiger partial charge in [0.05, 0.1) is 5.69 Å². The Morgan fingerprint density at radius 1 is 1.45 bits per heavy atom. The predicted molar refractivity (Wildman–Crippen MR) is 76.7 cm³/mol. The van der Waals surface area contributed by atoms with Gasteiger partial charge in [-0.25, -0.2) is 4.68 Å². The molecule has 0 aliphatic heterocycles. The molecular weight excluding hydrogens is 252 g/mol. The van der Waals surface area contributed by atoms with E-state index in [1.165, 1.54) is 24.0 Å². The summed E-state index contributed by atoms with van der Waals surface area (Å²) < 4.78 is 1.71. The summed E-state index contributed by atoms with van der Waals surface area (Å²) in [6.07, 6.45) is 4.29. The first-order valence-electron chi connectivity index (χ1n) is 6.82. The second-order valence-corrected chi connectivity index (χ2v) is 5.30. The number of amides is 1. The largest absolute Gasteiger partial charge is 0.364 e. The Morgan fingerprint density at radius 2 is 2.25 bits per heavy atom. The van der Waals surface area contributed by atoms with Gasteiger partial charge in [0.25, 0.3) is 5.91 Å². The van der Waals surface area contributed by atoms with E-state index in [1.807, 2.05) is 12.1 Å². The van der Waals surface area contributed by atoms with E-state index in [1.54, 1.807) is 16.9 Å². The standard InChI is InChI=1S/C15H18N4O/c1-10-2-5-14(11(8-10)9-17-12-3-4-12)19-7-6-13(18-19)15(16)20/h2,5-8,12,17H,3-4,9H2,1H3,(H2,16,20). The van der Waals surface area contributed by atoms with Crippen LogP contribution in [-0.2, 0) is 6.54 Å². The molecule has 2 aromatic rings. The number of carbonyl (C=O) groups excluding carboxylic acids is 1. The first-order chi connectivity index (χ1) is 9.63. The van der Waals surface area contributed by atoms with Gasteiger partial charge in [-0.1, -0.05) is 17.7 Å². The molecule has 0 atom stereocenters. The molecule has 1 fully saturated rings. The number of benzene rings is 1. The number of primary amides is 1. The number of nitrogens with zero attached hydrogens (tertiary/aromatic N) is 2. The zero-order chi connectivity index (χ0) is 14.1. The highest BCUT2D eigenvalue weighted by molar-refractivity contribution is 5.90. The van der Waals surface area contributed by atoms with Gasteiger partial charge in [0, 0.05) is 18.8 Å². The van der Waals surface area contributed by atoms with Gasteiger partial charge >= 0.3 is 0 Å². The van der Waals surface area contributed by atoms with Gasteiger partial charge in [-0.2, -0.15) is 5.10 Å². The van der Waals surface area contributed by atoms with Crippen molar-refractivity contribution in [3.05, 3.63) is 47.3 Å². The number of nitrogens with one attached hydrogen (secondary N) is 1. The van der Waals surface area contributed by atoms with Crippen LogP contribution in [-0.4, -0.2) is 21.7 Å². The molecule has 3 rings (SSSR count). The summed E-state index contributed by atoms with van der Waals surface area (Å²) in [5.74, 6) is -0.506. The van der Waals surface area contributed by atoms with Crippen molar-refractivity contribution in [2.24, 2.45) is 5.73 Å². The number of carbonyl (C=O) groups is 1. The number of hydrogen-bond donors (Lipinski definition) is 2. The number of aryl methyl sites for hydroxylation is 1. The minimum atomic E-state index is -0.506. The van der Waals surface area contributed by atoms with E-state index in [9.17, 15) is 4.79 Å². The quantitative estimate of drug-likeness (QED) is 0.865. The van der Waals surface area contributed by atoms with Crippen LogP contribution in [0.2, 0.25) is 0 Å². The lowest BCUT2D eigenvalue weighted by atomic mass is 10.1. The molecule has 1 saturated carbocycles. The van der Waals surface area contributed by atoms with Crippen molar-refractivity contribution in [1.29, 1.82) is 0 Å². The number of nitrogens with two attached hydrogens (primary N) is 1. The molecule has 1 aliphatic carbocycles. The van der Waals surface area contributed by atoms with Crippen LogP contribution in [0.15, 0.2) is 30.5 Å². The van der Waals surface area contributed by atoms with E-state index in [-0.39, 0.29) is 5.69 Å². The van der Waals surface area contributed by atoms with Gasteiger partial charge in [0.2, 0.25) is 0 Å². The third-order valence-electron chi connectivity index (χ3n) is 3.48. The second kappa shape index (κ2) is 5.09. The smallest absolute Gasteiger partial charge is 0.269 e. The van der Waals surface area contributed by atoms with Crippen LogP contribution < -0.4 is 11.1 Å². The molecule has 104 valence electrons. The summed E-state index contributed by atoms with van der Waals surface area (Å²) in [5, 5.41) is 7.73. The van der Waals surface area contributed by atoms with Crippen LogP contribution in [0.5, 0.6) is 0 Å². The van der Waals surface area contributed by atoms with E-state index in [0.717, 1.165) is 12.2 Å². The van der Waals surface area contributed by atoms with Crippen LogP contribution in [0, 0.1) is 6.92 Å². The third-order valence-corrected chi connectivity index (χ3v) is 3.48. The summed E-state index contributed by atoms with van der Waals surface area (Å²) in [4.78, 5) is 11.1. The van der Waals surface area contributed by atoms with Crippen molar-refractivity contribution < 1.29 is 4.79 Å². The summed E-state index contributed by atoms with van der Waals surface area (Å²) in [6.45, 7) is 2.88. The highest BCUT2D eigenvalue weighted by Crippen LogP contribution is 2.21. The highest BCUT2D eigenvalue weighted by Gasteiger charge is 2.20. The fourth-order valence-electron chi connectivity index (χ4n) is 2.21. The maximum Gasteiger partial charge on any atom is 0.269 e. The molecule has 0 saturated heterocycles. The van der Waals surface area contributed by atoms with Gasteiger partial charge in [-0.15, -0.1) is 0 Å². The molecule has 1 aliphatic rings. The van der Waals surface area contributed by atoms with E-state index >= 15 is 0 Å². The third kappa shape index (κ3) is 2.72. The lowest BCUT2D eigenvalue weighted by Crippen LogP contribution is -2.17. The predicted octanol–water partition coefficient (Wildman–Crippen LogP) is 1.53.